The summed E-state index contributed by atoms with van der Waals surface area (Å²) in [5.41, 5.74) is 0.0550. The highest BCUT2D eigenvalue weighted by molar-refractivity contribution is 6.05. The minimum atomic E-state index is -0.974. The molecule has 3 heterocycles. The zero-order valence-corrected chi connectivity index (χ0v) is 23.3. The molecule has 2 amide bonds. The maximum absolute atomic E-state index is 15.3. The topological polar surface area (TPSA) is 86.3 Å². The van der Waals surface area contributed by atoms with Gasteiger partial charge >= 0.3 is 6.03 Å². The number of urea groups is 1. The Kier molecular flexibility index (Phi) is 9.73. The van der Waals surface area contributed by atoms with Crippen molar-refractivity contribution in [1.82, 2.24) is 19.8 Å². The highest BCUT2D eigenvalue weighted by Gasteiger charge is 2.37. The maximum atomic E-state index is 15.3. The van der Waals surface area contributed by atoms with Gasteiger partial charge in [-0.2, -0.15) is 4.98 Å². The Labute approximate surface area is 228 Å². The second-order valence-corrected chi connectivity index (χ2v) is 9.77. The van der Waals surface area contributed by atoms with E-state index in [0.29, 0.717) is 23.9 Å². The molecule has 39 heavy (non-hydrogen) atoms. The SMILES string of the molecule is CCOc1cc(OC)c(F)c(N2Cc3cnc(NCCCCCN4CCN(C)CC4)nc3N(CC)C2=O)c1F. The molecule has 1 saturated heterocycles. The molecule has 0 spiro atoms. The molecule has 1 N–H and O–H groups in total. The van der Waals surface area contributed by atoms with Crippen LogP contribution in [0.4, 0.5) is 31.0 Å². The molecule has 0 saturated carbocycles. The quantitative estimate of drug-likeness (QED) is 0.400. The highest BCUT2D eigenvalue weighted by Crippen LogP contribution is 2.40. The van der Waals surface area contributed by atoms with Crippen LogP contribution in [0.15, 0.2) is 12.3 Å². The van der Waals surface area contributed by atoms with Crippen LogP contribution in [-0.4, -0.2) is 92.4 Å². The third kappa shape index (κ3) is 6.50. The number of nitrogens with one attached hydrogen (secondary N) is 1. The number of carbonyl (C=O) groups excluding carboxylic acids is 1. The van der Waals surface area contributed by atoms with Crippen molar-refractivity contribution in [1.29, 1.82) is 0 Å². The van der Waals surface area contributed by atoms with Gasteiger partial charge in [0, 0.05) is 57.1 Å². The van der Waals surface area contributed by atoms with E-state index in [4.69, 9.17) is 9.47 Å². The van der Waals surface area contributed by atoms with Crippen molar-refractivity contribution < 1.29 is 23.0 Å². The number of methoxy groups -OCH3 is 1. The number of carbonyl (C=O) groups is 1. The number of anilines is 3. The molecule has 1 fully saturated rings. The van der Waals surface area contributed by atoms with E-state index in [9.17, 15) is 4.79 Å². The molecule has 2 aliphatic rings. The molecule has 10 nitrogen and oxygen atoms in total. The van der Waals surface area contributed by atoms with Gasteiger partial charge < -0.3 is 24.6 Å². The van der Waals surface area contributed by atoms with E-state index in [1.165, 1.54) is 12.0 Å². The third-order valence-electron chi connectivity index (χ3n) is 7.13. The number of amides is 2. The van der Waals surface area contributed by atoms with Gasteiger partial charge in [0.2, 0.25) is 5.95 Å². The fourth-order valence-electron chi connectivity index (χ4n) is 4.89. The number of unbranched alkanes of at least 4 members (excludes halogenated alkanes) is 2. The first-order valence-corrected chi connectivity index (χ1v) is 13.7. The highest BCUT2D eigenvalue weighted by atomic mass is 19.1. The molecule has 0 radical (unpaired) electrons. The summed E-state index contributed by atoms with van der Waals surface area (Å²) >= 11 is 0. The van der Waals surface area contributed by atoms with Crippen molar-refractivity contribution >= 4 is 23.5 Å². The largest absolute Gasteiger partial charge is 0.493 e. The maximum Gasteiger partial charge on any atom is 0.330 e. The predicted octanol–water partition coefficient (Wildman–Crippen LogP) is 3.96. The minimum Gasteiger partial charge on any atom is -0.493 e. The van der Waals surface area contributed by atoms with Gasteiger partial charge in [-0.15, -0.1) is 0 Å². The first kappa shape index (κ1) is 28.8. The van der Waals surface area contributed by atoms with Crippen LogP contribution >= 0.6 is 0 Å². The normalized spacial score (nSPS) is 16.4. The first-order valence-electron chi connectivity index (χ1n) is 13.7. The Morgan fingerprint density at radius 2 is 1.79 bits per heavy atom. The summed E-state index contributed by atoms with van der Waals surface area (Å²) in [6.07, 6.45) is 4.82. The molecule has 0 atom stereocenters. The van der Waals surface area contributed by atoms with Gasteiger partial charge in [-0.25, -0.2) is 18.6 Å². The van der Waals surface area contributed by atoms with E-state index in [1.54, 1.807) is 20.0 Å². The molecule has 2 aromatic rings. The van der Waals surface area contributed by atoms with Gasteiger partial charge in [0.15, 0.2) is 23.1 Å². The lowest BCUT2D eigenvalue weighted by atomic mass is 10.1. The summed E-state index contributed by atoms with van der Waals surface area (Å²) in [5, 5.41) is 3.25. The fraction of sp³-hybridized carbons (Fsp3) is 0.593. The number of nitrogens with zero attached hydrogens (tertiary/aromatic N) is 6. The van der Waals surface area contributed by atoms with Crippen LogP contribution in [0.5, 0.6) is 11.5 Å². The Morgan fingerprint density at radius 1 is 1.05 bits per heavy atom. The number of likely N-dealkylation sites (N-methyl/N-ethyl adjacent to an activating group) is 1. The van der Waals surface area contributed by atoms with E-state index in [2.05, 4.69) is 32.1 Å². The molecule has 214 valence electrons. The van der Waals surface area contributed by atoms with Crippen molar-refractivity contribution in [2.45, 2.75) is 39.7 Å². The Balaban J connectivity index is 1.41. The average Bonchev–Trinajstić information content (AvgIpc) is 2.93. The average molecular weight is 548 g/mol. The molecule has 0 unspecified atom stereocenters. The Morgan fingerprint density at radius 3 is 2.49 bits per heavy atom. The summed E-state index contributed by atoms with van der Waals surface area (Å²) in [6.45, 7) is 10.2. The predicted molar refractivity (Wildman–Crippen MR) is 147 cm³/mol. The molecule has 12 heteroatoms. The number of aromatic nitrogens is 2. The minimum absolute atomic E-state index is 0.0934. The van der Waals surface area contributed by atoms with Crippen LogP contribution in [0.2, 0.25) is 0 Å². The van der Waals surface area contributed by atoms with E-state index < -0.39 is 23.4 Å². The monoisotopic (exact) mass is 547 g/mol. The zero-order valence-electron chi connectivity index (χ0n) is 23.3. The van der Waals surface area contributed by atoms with E-state index >= 15 is 8.78 Å². The van der Waals surface area contributed by atoms with E-state index in [-0.39, 0.29) is 31.2 Å². The number of hydrogen-bond acceptors (Lipinski definition) is 8. The van der Waals surface area contributed by atoms with Crippen LogP contribution in [0.25, 0.3) is 0 Å². The molecule has 4 rings (SSSR count). The zero-order chi connectivity index (χ0) is 27.9. The molecular weight excluding hydrogens is 508 g/mol. The van der Waals surface area contributed by atoms with Crippen LogP contribution in [0.3, 0.4) is 0 Å². The summed E-state index contributed by atoms with van der Waals surface area (Å²) < 4.78 is 41.0. The number of rotatable bonds is 12. The van der Waals surface area contributed by atoms with Crippen molar-refractivity contribution in [3.05, 3.63) is 29.5 Å². The molecule has 0 aliphatic carbocycles. The summed E-state index contributed by atoms with van der Waals surface area (Å²) in [7, 11) is 3.44. The van der Waals surface area contributed by atoms with Gasteiger partial charge in [-0.1, -0.05) is 6.42 Å². The van der Waals surface area contributed by atoms with Crippen LogP contribution in [0.1, 0.15) is 38.7 Å². The molecular formula is C27H39F2N7O3. The lowest BCUT2D eigenvalue weighted by Gasteiger charge is -2.36. The molecule has 1 aromatic heterocycles. The van der Waals surface area contributed by atoms with Crippen molar-refractivity contribution in [3.63, 3.8) is 0 Å². The summed E-state index contributed by atoms with van der Waals surface area (Å²) in [5.74, 6) is -1.49. The van der Waals surface area contributed by atoms with E-state index in [0.717, 1.165) is 63.0 Å². The second-order valence-electron chi connectivity index (χ2n) is 9.77. The van der Waals surface area contributed by atoms with Gasteiger partial charge in [0.05, 0.1) is 20.3 Å². The van der Waals surface area contributed by atoms with Gasteiger partial charge in [0.1, 0.15) is 11.5 Å². The Hall–Kier alpha value is -3.25. The number of hydrogen-bond donors (Lipinski definition) is 1. The van der Waals surface area contributed by atoms with Crippen molar-refractivity contribution in [2.24, 2.45) is 0 Å². The van der Waals surface area contributed by atoms with Crippen LogP contribution in [-0.2, 0) is 6.54 Å². The van der Waals surface area contributed by atoms with Crippen LogP contribution < -0.4 is 24.6 Å². The van der Waals surface area contributed by atoms with Crippen molar-refractivity contribution in [3.8, 4) is 11.5 Å². The van der Waals surface area contributed by atoms with Gasteiger partial charge in [0.25, 0.3) is 0 Å². The van der Waals surface area contributed by atoms with E-state index in [1.807, 2.05) is 0 Å². The smallest absolute Gasteiger partial charge is 0.330 e. The molecule has 2 aliphatic heterocycles. The van der Waals surface area contributed by atoms with Gasteiger partial charge in [-0.05, 0) is 40.3 Å². The van der Waals surface area contributed by atoms with Crippen molar-refractivity contribution in [2.75, 3.05) is 81.7 Å². The van der Waals surface area contributed by atoms with Crippen LogP contribution in [0, 0.1) is 11.6 Å². The summed E-state index contributed by atoms with van der Waals surface area (Å²) in [4.78, 5) is 29.7. The lowest BCUT2D eigenvalue weighted by Crippen LogP contribution is -2.48. The number of benzene rings is 1. The lowest BCUT2D eigenvalue weighted by molar-refractivity contribution is 0.152. The summed E-state index contributed by atoms with van der Waals surface area (Å²) in [6, 6.07) is 0.553. The molecule has 1 aromatic carbocycles. The van der Waals surface area contributed by atoms with Gasteiger partial charge in [-0.3, -0.25) is 9.80 Å². The third-order valence-corrected chi connectivity index (χ3v) is 7.13. The molecule has 0 bridgehead atoms. The standard InChI is InChI=1S/C27H39F2N7O3/c1-5-35-25-19(17-31-26(32-25)30-10-8-7-9-11-34-14-12-33(3)13-15-34)18-36(27(35)37)24-22(28)20(38-4)16-21(23(24)29)39-6-2/h16-17H,5-15,18H2,1-4H3,(H,30,31,32). The fourth-order valence-corrected chi connectivity index (χ4v) is 4.89. The number of ether oxygens (including phenoxy) is 2. The number of piperazine rings is 1. The first-order chi connectivity index (χ1) is 18.9. The second kappa shape index (κ2) is 13.2. The number of fused-ring (bicyclic) bond motifs is 1. The Bertz CT molecular complexity index is 1140. The number of halogens is 2.